The average molecular weight is 703 g/mol. The molecule has 1 saturated heterocycles. The Balaban J connectivity index is 1.23. The van der Waals surface area contributed by atoms with E-state index < -0.39 is 0 Å². The average Bonchev–Trinajstić information content (AvgIpc) is 3.92. The lowest BCUT2D eigenvalue weighted by atomic mass is 9.82. The van der Waals surface area contributed by atoms with Crippen LogP contribution in [0, 0.1) is 0 Å². The van der Waals surface area contributed by atoms with Gasteiger partial charge in [0.15, 0.2) is 0 Å². The van der Waals surface area contributed by atoms with Gasteiger partial charge in [0.1, 0.15) is 24.7 Å². The summed E-state index contributed by atoms with van der Waals surface area (Å²) in [5.74, 6) is 1.54. The molecule has 0 radical (unpaired) electrons. The number of nitrogens with zero attached hydrogens (tertiary/aromatic N) is 2. The fraction of sp³-hybridized carbons (Fsp3) is 0.378. The lowest BCUT2D eigenvalue weighted by Crippen LogP contribution is -2.61. The smallest absolute Gasteiger partial charge is 0.293 e. The molecule has 1 aliphatic carbocycles. The number of nitrogens with one attached hydrogen (secondary N) is 1. The molecule has 2 fully saturated rings. The van der Waals surface area contributed by atoms with Gasteiger partial charge in [0.2, 0.25) is 5.91 Å². The zero-order valence-electron chi connectivity index (χ0n) is 26.5. The van der Waals surface area contributed by atoms with Crippen molar-refractivity contribution in [1.82, 2.24) is 15.1 Å². The highest BCUT2D eigenvalue weighted by atomic mass is 79.9. The van der Waals surface area contributed by atoms with Gasteiger partial charge in [-0.25, -0.2) is 0 Å². The van der Waals surface area contributed by atoms with Crippen molar-refractivity contribution in [2.75, 3.05) is 32.9 Å². The first-order valence-electron chi connectivity index (χ1n) is 16.2. The molecule has 2 unspecified atom stereocenters. The van der Waals surface area contributed by atoms with Crippen LogP contribution in [0.25, 0.3) is 5.57 Å². The first-order chi connectivity index (χ1) is 22.9. The Morgan fingerprint density at radius 1 is 0.915 bits per heavy atom. The Morgan fingerprint density at radius 3 is 2.21 bits per heavy atom. The molecular weight excluding hydrogens is 662 g/mol. The van der Waals surface area contributed by atoms with Gasteiger partial charge in [0, 0.05) is 55.1 Å². The van der Waals surface area contributed by atoms with Crippen molar-refractivity contribution in [3.8, 4) is 11.5 Å². The Bertz CT molecular complexity index is 1610. The minimum atomic E-state index is -0.266. The molecule has 246 valence electrons. The second-order valence-electron chi connectivity index (χ2n) is 12.3. The summed E-state index contributed by atoms with van der Waals surface area (Å²) in [5, 5.41) is 3.66. The maximum Gasteiger partial charge on any atom is 0.293 e. The number of hydrogen-bond donors (Lipinski definition) is 1. The maximum absolute atomic E-state index is 14.7. The Labute approximate surface area is 284 Å². The minimum Gasteiger partial charge on any atom is -0.490 e. The number of ether oxygens (including phenoxy) is 3. The zero-order valence-corrected chi connectivity index (χ0v) is 28.1. The Hall–Kier alpha value is -4.15. The molecule has 6 rings (SSSR count). The summed E-state index contributed by atoms with van der Waals surface area (Å²) in [6.45, 7) is 4.70. The Morgan fingerprint density at radius 2 is 1.57 bits per heavy atom. The summed E-state index contributed by atoms with van der Waals surface area (Å²) in [4.78, 5) is 41.8. The second kappa shape index (κ2) is 15.2. The van der Waals surface area contributed by atoms with E-state index in [9.17, 15) is 14.4 Å². The third kappa shape index (κ3) is 8.23. The molecule has 2 heterocycles. The highest BCUT2D eigenvalue weighted by Gasteiger charge is 2.43. The van der Waals surface area contributed by atoms with E-state index in [4.69, 9.17) is 14.2 Å². The van der Waals surface area contributed by atoms with E-state index in [0.29, 0.717) is 58.8 Å². The van der Waals surface area contributed by atoms with Crippen LogP contribution in [0.3, 0.4) is 0 Å². The molecule has 3 aromatic rings. The summed E-state index contributed by atoms with van der Waals surface area (Å²) in [7, 11) is 0. The van der Waals surface area contributed by atoms with Crippen molar-refractivity contribution in [3.63, 3.8) is 0 Å². The topological polar surface area (TPSA) is 97.4 Å². The van der Waals surface area contributed by atoms with Gasteiger partial charge in [0.05, 0.1) is 12.6 Å². The van der Waals surface area contributed by atoms with Crippen LogP contribution in [0.15, 0.2) is 82.8 Å². The van der Waals surface area contributed by atoms with E-state index in [1.807, 2.05) is 82.6 Å². The lowest BCUT2D eigenvalue weighted by Gasteiger charge is -2.44. The van der Waals surface area contributed by atoms with Crippen molar-refractivity contribution < 1.29 is 28.6 Å². The van der Waals surface area contributed by atoms with Crippen molar-refractivity contribution in [2.24, 2.45) is 0 Å². The summed E-state index contributed by atoms with van der Waals surface area (Å²) in [6.07, 6.45) is 3.14. The van der Waals surface area contributed by atoms with Crippen molar-refractivity contribution in [1.29, 1.82) is 0 Å². The van der Waals surface area contributed by atoms with Crippen LogP contribution in [-0.2, 0) is 32.1 Å². The molecule has 0 aromatic heterocycles. The van der Waals surface area contributed by atoms with Gasteiger partial charge in [-0.15, -0.1) is 0 Å². The number of carbonyl (C=O) groups excluding carboxylic acids is 3. The van der Waals surface area contributed by atoms with Gasteiger partial charge in [-0.1, -0.05) is 52.3 Å². The van der Waals surface area contributed by atoms with E-state index in [1.54, 1.807) is 6.92 Å². The standard InChI is InChI=1S/C37H40BrN3O6/c1-25(43)40-22-30-20-34(27-6-12-32(13-7-27)46-18-19-47-33-14-8-29(38)9-15-33)36(35(23-40)39-30)37(44)41(31-10-11-31)21-28-5-3-2-4-26(28)16-17-45-24-42/h2-9,12-15,24,30-31,35,39H,10-11,16-23H2,1H3. The van der Waals surface area contributed by atoms with Crippen molar-refractivity contribution in [3.05, 3.63) is 99.5 Å². The molecule has 0 spiro atoms. The van der Waals surface area contributed by atoms with E-state index in [2.05, 4.69) is 21.2 Å². The molecule has 3 aromatic carbocycles. The first-order valence-corrected chi connectivity index (χ1v) is 17.0. The molecule has 1 N–H and O–H groups in total. The van der Waals surface area contributed by atoms with Gasteiger partial charge in [0.25, 0.3) is 12.4 Å². The molecular formula is C37H40BrN3O6. The number of benzene rings is 3. The van der Waals surface area contributed by atoms with E-state index in [1.165, 1.54) is 0 Å². The lowest BCUT2D eigenvalue weighted by molar-refractivity contribution is -0.132. The van der Waals surface area contributed by atoms with Gasteiger partial charge < -0.3 is 29.3 Å². The SMILES string of the molecule is CC(=O)N1CC2CC(c3ccc(OCCOc4ccc(Br)cc4)cc3)=C(C(=O)N(Cc3ccccc3CCOC=O)C3CC3)C(C1)N2. The maximum atomic E-state index is 14.7. The Kier molecular flexibility index (Phi) is 10.6. The third-order valence-electron chi connectivity index (χ3n) is 8.98. The largest absolute Gasteiger partial charge is 0.490 e. The van der Waals surface area contributed by atoms with Crippen LogP contribution >= 0.6 is 15.9 Å². The molecule has 2 amide bonds. The summed E-state index contributed by atoms with van der Waals surface area (Å²) in [5.41, 5.74) is 4.85. The van der Waals surface area contributed by atoms with Crippen LogP contribution < -0.4 is 14.8 Å². The molecule has 3 aliphatic rings. The number of hydrogen-bond acceptors (Lipinski definition) is 7. The van der Waals surface area contributed by atoms with Gasteiger partial charge in [-0.05, 0) is 77.9 Å². The van der Waals surface area contributed by atoms with Gasteiger partial charge >= 0.3 is 0 Å². The first kappa shape index (κ1) is 32.8. The van der Waals surface area contributed by atoms with Crippen LogP contribution in [0.1, 0.15) is 42.9 Å². The van der Waals surface area contributed by atoms with Crippen LogP contribution in [-0.4, -0.2) is 79.1 Å². The monoisotopic (exact) mass is 701 g/mol. The van der Waals surface area contributed by atoms with Crippen LogP contribution in [0.4, 0.5) is 0 Å². The van der Waals surface area contributed by atoms with E-state index in [0.717, 1.165) is 56.6 Å². The molecule has 47 heavy (non-hydrogen) atoms. The fourth-order valence-corrected chi connectivity index (χ4v) is 6.75. The summed E-state index contributed by atoms with van der Waals surface area (Å²) >= 11 is 3.43. The van der Waals surface area contributed by atoms with E-state index in [-0.39, 0.29) is 29.9 Å². The zero-order chi connectivity index (χ0) is 32.8. The molecule has 2 bridgehead atoms. The van der Waals surface area contributed by atoms with Crippen molar-refractivity contribution in [2.45, 2.75) is 57.3 Å². The molecule has 2 atom stereocenters. The van der Waals surface area contributed by atoms with Crippen LogP contribution in [0.2, 0.25) is 0 Å². The minimum absolute atomic E-state index is 0.00761. The number of carbonyl (C=O) groups is 3. The number of fused-ring (bicyclic) bond motifs is 2. The quantitative estimate of drug-likeness (QED) is 0.183. The molecule has 1 saturated carbocycles. The number of rotatable bonds is 14. The normalized spacial score (nSPS) is 18.8. The van der Waals surface area contributed by atoms with E-state index >= 15 is 0 Å². The second-order valence-corrected chi connectivity index (χ2v) is 13.2. The predicted octanol–water partition coefficient (Wildman–Crippen LogP) is 5.16. The summed E-state index contributed by atoms with van der Waals surface area (Å²) in [6, 6.07) is 23.6. The van der Waals surface area contributed by atoms with Gasteiger partial charge in [-0.3, -0.25) is 14.4 Å². The van der Waals surface area contributed by atoms with Crippen molar-refractivity contribution >= 4 is 39.8 Å². The number of piperazine rings is 1. The predicted molar refractivity (Wildman–Crippen MR) is 182 cm³/mol. The third-order valence-corrected chi connectivity index (χ3v) is 9.51. The molecule has 2 aliphatic heterocycles. The highest BCUT2D eigenvalue weighted by molar-refractivity contribution is 9.10. The van der Waals surface area contributed by atoms with Gasteiger partial charge in [-0.2, -0.15) is 0 Å². The number of amides is 2. The highest BCUT2D eigenvalue weighted by Crippen LogP contribution is 2.38. The summed E-state index contributed by atoms with van der Waals surface area (Å²) < 4.78 is 17.7. The van der Waals surface area contributed by atoms with Crippen LogP contribution in [0.5, 0.6) is 11.5 Å². The molecule has 9 nitrogen and oxygen atoms in total. The number of halogens is 1. The fourth-order valence-electron chi connectivity index (χ4n) is 6.49. The molecule has 10 heteroatoms.